The molecule has 0 saturated carbocycles. The summed E-state index contributed by atoms with van der Waals surface area (Å²) in [6.07, 6.45) is -3.98. The monoisotopic (exact) mass is 368 g/mol. The van der Waals surface area contributed by atoms with Crippen LogP contribution in [0.4, 0.5) is 17.6 Å². The smallest absolute Gasteiger partial charge is 0.329 e. The molecule has 5 nitrogen and oxygen atoms in total. The van der Waals surface area contributed by atoms with E-state index < -0.39 is 45.4 Å². The van der Waals surface area contributed by atoms with Gasteiger partial charge in [0.15, 0.2) is 0 Å². The molecule has 1 atom stereocenters. The molecule has 1 amide bonds. The van der Waals surface area contributed by atoms with E-state index >= 15 is 0 Å². The SMILES string of the molecule is O=C(CNS(=O)(=O)c1cccc(F)c1)N1CCCCC1C(F)(F)F. The van der Waals surface area contributed by atoms with E-state index in [0.29, 0.717) is 17.7 Å². The van der Waals surface area contributed by atoms with E-state index in [1.807, 2.05) is 4.72 Å². The van der Waals surface area contributed by atoms with Crippen LogP contribution in [0, 0.1) is 5.82 Å². The Morgan fingerprint density at radius 2 is 2.00 bits per heavy atom. The zero-order valence-electron chi connectivity index (χ0n) is 12.5. The van der Waals surface area contributed by atoms with Crippen LogP contribution in [0.2, 0.25) is 0 Å². The first-order valence-corrected chi connectivity index (χ1v) is 8.71. The maximum atomic E-state index is 13.1. The number of likely N-dealkylation sites (tertiary alicyclic amines) is 1. The zero-order valence-corrected chi connectivity index (χ0v) is 13.3. The summed E-state index contributed by atoms with van der Waals surface area (Å²) in [6, 6.07) is 2.20. The summed E-state index contributed by atoms with van der Waals surface area (Å²) < 4.78 is 77.8. The van der Waals surface area contributed by atoms with Crippen molar-refractivity contribution in [2.45, 2.75) is 36.4 Å². The summed E-state index contributed by atoms with van der Waals surface area (Å²) in [5, 5.41) is 0. The van der Waals surface area contributed by atoms with Crippen molar-refractivity contribution in [1.82, 2.24) is 9.62 Å². The number of benzene rings is 1. The molecular weight excluding hydrogens is 352 g/mol. The molecule has 0 aliphatic carbocycles. The second-order valence-electron chi connectivity index (χ2n) is 5.42. The summed E-state index contributed by atoms with van der Waals surface area (Å²) in [5.41, 5.74) is 0. The minimum atomic E-state index is -4.56. The average Bonchev–Trinajstić information content (AvgIpc) is 2.52. The maximum absolute atomic E-state index is 13.1. The molecule has 1 heterocycles. The van der Waals surface area contributed by atoms with Gasteiger partial charge in [-0.3, -0.25) is 4.79 Å². The molecular formula is C14H16F4N2O3S. The molecule has 1 aromatic rings. The molecule has 1 N–H and O–H groups in total. The van der Waals surface area contributed by atoms with Gasteiger partial charge in [0, 0.05) is 6.54 Å². The van der Waals surface area contributed by atoms with Gasteiger partial charge >= 0.3 is 6.18 Å². The lowest BCUT2D eigenvalue weighted by molar-refractivity contribution is -0.195. The van der Waals surface area contributed by atoms with E-state index in [1.165, 1.54) is 6.07 Å². The Balaban J connectivity index is 2.06. The van der Waals surface area contributed by atoms with E-state index in [9.17, 15) is 30.8 Å². The van der Waals surface area contributed by atoms with Gasteiger partial charge in [-0.15, -0.1) is 0 Å². The van der Waals surface area contributed by atoms with Crippen molar-refractivity contribution in [2.24, 2.45) is 0 Å². The second kappa shape index (κ2) is 7.06. The highest BCUT2D eigenvalue weighted by atomic mass is 32.2. The number of carbonyl (C=O) groups is 1. The van der Waals surface area contributed by atoms with Crippen LogP contribution in [0.5, 0.6) is 0 Å². The molecule has 0 aromatic heterocycles. The lowest BCUT2D eigenvalue weighted by Crippen LogP contribution is -2.53. The fraction of sp³-hybridized carbons (Fsp3) is 0.500. The van der Waals surface area contributed by atoms with Gasteiger partial charge in [-0.1, -0.05) is 6.07 Å². The van der Waals surface area contributed by atoms with Gasteiger partial charge in [-0.25, -0.2) is 17.5 Å². The number of sulfonamides is 1. The third-order valence-electron chi connectivity index (χ3n) is 3.72. The molecule has 1 unspecified atom stereocenters. The number of hydrogen-bond acceptors (Lipinski definition) is 3. The van der Waals surface area contributed by atoms with Gasteiger partial charge in [0.25, 0.3) is 0 Å². The van der Waals surface area contributed by atoms with Crippen LogP contribution < -0.4 is 4.72 Å². The van der Waals surface area contributed by atoms with Crippen LogP contribution in [0.3, 0.4) is 0 Å². The number of nitrogens with one attached hydrogen (secondary N) is 1. The highest BCUT2D eigenvalue weighted by Gasteiger charge is 2.46. The molecule has 0 spiro atoms. The first-order chi connectivity index (χ1) is 11.1. The number of halogens is 4. The molecule has 1 fully saturated rings. The largest absolute Gasteiger partial charge is 0.408 e. The second-order valence-corrected chi connectivity index (χ2v) is 7.19. The fourth-order valence-corrected chi connectivity index (χ4v) is 3.55. The molecule has 1 aromatic carbocycles. The summed E-state index contributed by atoms with van der Waals surface area (Å²) in [6.45, 7) is -0.893. The lowest BCUT2D eigenvalue weighted by Gasteiger charge is -2.36. The molecule has 1 aliphatic rings. The van der Waals surface area contributed by atoms with Crippen LogP contribution in [0.1, 0.15) is 19.3 Å². The van der Waals surface area contributed by atoms with Crippen LogP contribution in [-0.4, -0.2) is 44.5 Å². The number of amides is 1. The Morgan fingerprint density at radius 3 is 2.62 bits per heavy atom. The average molecular weight is 368 g/mol. The van der Waals surface area contributed by atoms with Crippen molar-refractivity contribution in [3.8, 4) is 0 Å². The van der Waals surface area contributed by atoms with E-state index in [4.69, 9.17) is 0 Å². The van der Waals surface area contributed by atoms with E-state index in [-0.39, 0.29) is 13.0 Å². The summed E-state index contributed by atoms with van der Waals surface area (Å²) in [7, 11) is -4.19. The summed E-state index contributed by atoms with van der Waals surface area (Å²) >= 11 is 0. The topological polar surface area (TPSA) is 66.5 Å². The minimum Gasteiger partial charge on any atom is -0.329 e. The van der Waals surface area contributed by atoms with Crippen LogP contribution in [-0.2, 0) is 14.8 Å². The zero-order chi connectivity index (χ0) is 18.0. The highest BCUT2D eigenvalue weighted by Crippen LogP contribution is 2.31. The molecule has 134 valence electrons. The van der Waals surface area contributed by atoms with Gasteiger partial charge in [-0.05, 0) is 37.5 Å². The quantitative estimate of drug-likeness (QED) is 0.828. The van der Waals surface area contributed by atoms with Crippen molar-refractivity contribution < 1.29 is 30.8 Å². The Labute approximate surface area is 136 Å². The van der Waals surface area contributed by atoms with E-state index in [1.54, 1.807) is 0 Å². The normalized spacial score (nSPS) is 19.3. The predicted octanol–water partition coefficient (Wildman–Crippen LogP) is 2.05. The van der Waals surface area contributed by atoms with Crippen LogP contribution in [0.15, 0.2) is 29.2 Å². The number of rotatable bonds is 4. The molecule has 1 saturated heterocycles. The Hall–Kier alpha value is -1.68. The Morgan fingerprint density at radius 1 is 1.29 bits per heavy atom. The lowest BCUT2D eigenvalue weighted by atomic mass is 10.0. The van der Waals surface area contributed by atoms with Gasteiger partial charge in [0.2, 0.25) is 15.9 Å². The first kappa shape index (κ1) is 18.7. The first-order valence-electron chi connectivity index (χ1n) is 7.23. The van der Waals surface area contributed by atoms with Gasteiger partial charge in [0.05, 0.1) is 11.4 Å². The molecule has 24 heavy (non-hydrogen) atoms. The van der Waals surface area contributed by atoms with Crippen molar-refractivity contribution in [2.75, 3.05) is 13.1 Å². The van der Waals surface area contributed by atoms with Gasteiger partial charge in [0.1, 0.15) is 11.9 Å². The fourth-order valence-electron chi connectivity index (χ4n) is 2.55. The molecule has 1 aliphatic heterocycles. The van der Waals surface area contributed by atoms with Crippen molar-refractivity contribution >= 4 is 15.9 Å². The van der Waals surface area contributed by atoms with Gasteiger partial charge in [-0.2, -0.15) is 13.2 Å². The number of hydrogen-bond donors (Lipinski definition) is 1. The summed E-state index contributed by atoms with van der Waals surface area (Å²) in [5.74, 6) is -1.74. The van der Waals surface area contributed by atoms with E-state index in [0.717, 1.165) is 18.2 Å². The van der Waals surface area contributed by atoms with Crippen molar-refractivity contribution in [3.63, 3.8) is 0 Å². The van der Waals surface area contributed by atoms with Crippen LogP contribution >= 0.6 is 0 Å². The Bertz CT molecular complexity index is 706. The number of alkyl halides is 3. The molecule has 0 radical (unpaired) electrons. The predicted molar refractivity (Wildman–Crippen MR) is 77.0 cm³/mol. The Kier molecular flexibility index (Phi) is 5.49. The maximum Gasteiger partial charge on any atom is 0.408 e. The minimum absolute atomic E-state index is 0.0787. The van der Waals surface area contributed by atoms with Crippen molar-refractivity contribution in [3.05, 3.63) is 30.1 Å². The highest BCUT2D eigenvalue weighted by molar-refractivity contribution is 7.89. The van der Waals surface area contributed by atoms with E-state index in [2.05, 4.69) is 0 Å². The van der Waals surface area contributed by atoms with Gasteiger partial charge < -0.3 is 4.90 Å². The number of piperidine rings is 1. The summed E-state index contributed by atoms with van der Waals surface area (Å²) in [4.78, 5) is 12.3. The molecule has 0 bridgehead atoms. The standard InChI is InChI=1S/C14H16F4N2O3S/c15-10-4-3-5-11(8-10)24(22,23)19-9-13(21)20-7-2-1-6-12(20)14(16,17)18/h3-5,8,12,19H,1-2,6-7,9H2. The van der Waals surface area contributed by atoms with Crippen molar-refractivity contribution in [1.29, 1.82) is 0 Å². The number of nitrogens with zero attached hydrogens (tertiary/aromatic N) is 1. The van der Waals surface area contributed by atoms with Crippen LogP contribution in [0.25, 0.3) is 0 Å². The molecule has 2 rings (SSSR count). The molecule has 10 heteroatoms. The number of carbonyl (C=O) groups excluding carboxylic acids is 1. The third kappa shape index (κ3) is 4.44. The third-order valence-corrected chi connectivity index (χ3v) is 5.12.